The average molecular weight is 156 g/mol. The van der Waals surface area contributed by atoms with Gasteiger partial charge in [-0.05, 0) is 24.7 Å². The minimum absolute atomic E-state index is 0.139. The summed E-state index contributed by atoms with van der Waals surface area (Å²) >= 11 is 0. The molecule has 0 spiro atoms. The van der Waals surface area contributed by atoms with E-state index >= 15 is 0 Å². The molecule has 0 saturated heterocycles. The van der Waals surface area contributed by atoms with Crippen molar-refractivity contribution in [3.63, 3.8) is 0 Å². The highest BCUT2D eigenvalue weighted by molar-refractivity contribution is 4.95. The van der Waals surface area contributed by atoms with Crippen molar-refractivity contribution in [3.8, 4) is 0 Å². The van der Waals surface area contributed by atoms with E-state index in [0.29, 0.717) is 0 Å². The normalized spacial score (nSPS) is 37.1. The van der Waals surface area contributed by atoms with E-state index in [1.54, 1.807) is 0 Å². The molecule has 1 nitrogen and oxygen atoms in total. The van der Waals surface area contributed by atoms with Gasteiger partial charge in [-0.3, -0.25) is 0 Å². The van der Waals surface area contributed by atoms with Crippen LogP contribution in [0.25, 0.3) is 0 Å². The van der Waals surface area contributed by atoms with Crippen LogP contribution >= 0.6 is 0 Å². The predicted octanol–water partition coefficient (Wildman–Crippen LogP) is 2.73. The molecule has 1 aliphatic carbocycles. The van der Waals surface area contributed by atoms with Gasteiger partial charge < -0.3 is 5.11 Å². The lowest BCUT2D eigenvalue weighted by Crippen LogP contribution is -2.46. The van der Waals surface area contributed by atoms with Crippen LogP contribution in [0.5, 0.6) is 0 Å². The first-order valence-corrected chi connectivity index (χ1v) is 4.74. The maximum atomic E-state index is 10.2. The summed E-state index contributed by atoms with van der Waals surface area (Å²) in [6.07, 6.45) is 5.57. The van der Waals surface area contributed by atoms with Gasteiger partial charge in [0.25, 0.3) is 0 Å². The highest BCUT2D eigenvalue weighted by Gasteiger charge is 2.43. The van der Waals surface area contributed by atoms with Crippen molar-refractivity contribution >= 4 is 0 Å². The second kappa shape index (κ2) is 2.78. The standard InChI is InChI=1S/C10H20O/c1-4-10(11)8-6-5-7-9(10,2)3/h11H,4-8H2,1-3H3. The second-order valence-electron chi connectivity index (χ2n) is 4.48. The second-order valence-corrected chi connectivity index (χ2v) is 4.48. The Kier molecular flexibility index (Phi) is 2.29. The zero-order chi connectivity index (χ0) is 8.54. The van der Waals surface area contributed by atoms with Crippen molar-refractivity contribution in [2.24, 2.45) is 5.41 Å². The first-order valence-electron chi connectivity index (χ1n) is 4.74. The SMILES string of the molecule is CCC1(O)CCCCC1(C)C. The number of rotatable bonds is 1. The number of hydrogen-bond acceptors (Lipinski definition) is 1. The quantitative estimate of drug-likeness (QED) is 0.619. The molecule has 1 unspecified atom stereocenters. The third kappa shape index (κ3) is 1.44. The summed E-state index contributed by atoms with van der Waals surface area (Å²) in [4.78, 5) is 0. The van der Waals surface area contributed by atoms with E-state index in [-0.39, 0.29) is 11.0 Å². The Morgan fingerprint density at radius 2 is 1.73 bits per heavy atom. The molecule has 0 aliphatic heterocycles. The zero-order valence-electron chi connectivity index (χ0n) is 7.98. The summed E-state index contributed by atoms with van der Waals surface area (Å²) in [5.41, 5.74) is -0.245. The average Bonchev–Trinajstić information content (AvgIpc) is 1.95. The number of hydrogen-bond donors (Lipinski definition) is 1. The predicted molar refractivity (Wildman–Crippen MR) is 47.5 cm³/mol. The molecular formula is C10H20O. The summed E-state index contributed by atoms with van der Waals surface area (Å²) in [7, 11) is 0. The van der Waals surface area contributed by atoms with Gasteiger partial charge in [0.05, 0.1) is 5.60 Å². The molecule has 1 atom stereocenters. The summed E-state index contributed by atoms with van der Waals surface area (Å²) < 4.78 is 0. The maximum absolute atomic E-state index is 10.2. The molecular weight excluding hydrogens is 136 g/mol. The monoisotopic (exact) mass is 156 g/mol. The Labute approximate surface area is 69.8 Å². The fraction of sp³-hybridized carbons (Fsp3) is 1.00. The fourth-order valence-electron chi connectivity index (χ4n) is 2.21. The highest BCUT2D eigenvalue weighted by Crippen LogP contribution is 2.45. The van der Waals surface area contributed by atoms with E-state index in [1.165, 1.54) is 19.3 Å². The minimum Gasteiger partial charge on any atom is -0.389 e. The van der Waals surface area contributed by atoms with E-state index in [4.69, 9.17) is 0 Å². The van der Waals surface area contributed by atoms with Crippen LogP contribution in [0.4, 0.5) is 0 Å². The van der Waals surface area contributed by atoms with Crippen LogP contribution < -0.4 is 0 Å². The molecule has 0 aromatic rings. The van der Waals surface area contributed by atoms with Gasteiger partial charge in [0.1, 0.15) is 0 Å². The van der Waals surface area contributed by atoms with Gasteiger partial charge in [-0.2, -0.15) is 0 Å². The largest absolute Gasteiger partial charge is 0.389 e. The van der Waals surface area contributed by atoms with Crippen LogP contribution in [-0.2, 0) is 0 Å². The van der Waals surface area contributed by atoms with Crippen LogP contribution in [0, 0.1) is 5.41 Å². The molecule has 1 heteroatoms. The van der Waals surface area contributed by atoms with Crippen LogP contribution in [-0.4, -0.2) is 10.7 Å². The van der Waals surface area contributed by atoms with Crippen molar-refractivity contribution in [3.05, 3.63) is 0 Å². The van der Waals surface area contributed by atoms with Crippen LogP contribution in [0.2, 0.25) is 0 Å². The molecule has 11 heavy (non-hydrogen) atoms. The zero-order valence-corrected chi connectivity index (χ0v) is 7.98. The summed E-state index contributed by atoms with van der Waals surface area (Å²) in [6, 6.07) is 0. The van der Waals surface area contributed by atoms with Crippen LogP contribution in [0.3, 0.4) is 0 Å². The van der Waals surface area contributed by atoms with E-state index in [2.05, 4.69) is 20.8 Å². The molecule has 1 rings (SSSR count). The molecule has 0 aromatic carbocycles. The third-order valence-electron chi connectivity index (χ3n) is 3.49. The molecule has 1 saturated carbocycles. The Hall–Kier alpha value is -0.0400. The van der Waals surface area contributed by atoms with E-state index in [9.17, 15) is 5.11 Å². The first kappa shape index (κ1) is 9.05. The molecule has 0 radical (unpaired) electrons. The van der Waals surface area contributed by atoms with Crippen molar-refractivity contribution in [1.82, 2.24) is 0 Å². The Balaban J connectivity index is 2.74. The molecule has 0 amide bonds. The molecule has 0 heterocycles. The van der Waals surface area contributed by atoms with Crippen LogP contribution in [0.15, 0.2) is 0 Å². The van der Waals surface area contributed by atoms with Gasteiger partial charge in [-0.1, -0.05) is 33.6 Å². The Morgan fingerprint density at radius 1 is 1.18 bits per heavy atom. The Bertz CT molecular complexity index is 140. The van der Waals surface area contributed by atoms with Crippen molar-refractivity contribution in [2.45, 2.75) is 58.5 Å². The van der Waals surface area contributed by atoms with Crippen molar-refractivity contribution in [1.29, 1.82) is 0 Å². The van der Waals surface area contributed by atoms with E-state index in [0.717, 1.165) is 12.8 Å². The van der Waals surface area contributed by atoms with Crippen LogP contribution in [0.1, 0.15) is 52.9 Å². The lowest BCUT2D eigenvalue weighted by atomic mass is 9.64. The molecule has 1 aliphatic rings. The summed E-state index contributed by atoms with van der Waals surface area (Å²) in [5, 5.41) is 10.2. The fourth-order valence-corrected chi connectivity index (χ4v) is 2.21. The third-order valence-corrected chi connectivity index (χ3v) is 3.49. The maximum Gasteiger partial charge on any atom is 0.0695 e. The molecule has 0 bridgehead atoms. The van der Waals surface area contributed by atoms with Crippen molar-refractivity contribution in [2.75, 3.05) is 0 Å². The van der Waals surface area contributed by atoms with Crippen molar-refractivity contribution < 1.29 is 5.11 Å². The van der Waals surface area contributed by atoms with Gasteiger partial charge in [-0.15, -0.1) is 0 Å². The smallest absolute Gasteiger partial charge is 0.0695 e. The Morgan fingerprint density at radius 3 is 2.09 bits per heavy atom. The molecule has 1 N–H and O–H groups in total. The lowest BCUT2D eigenvalue weighted by molar-refractivity contribution is -0.0987. The summed E-state index contributed by atoms with van der Waals surface area (Å²) in [6.45, 7) is 6.47. The molecule has 66 valence electrons. The van der Waals surface area contributed by atoms with Gasteiger partial charge in [0, 0.05) is 0 Å². The number of aliphatic hydroxyl groups is 1. The van der Waals surface area contributed by atoms with Gasteiger partial charge in [0.15, 0.2) is 0 Å². The molecule has 0 aromatic heterocycles. The van der Waals surface area contributed by atoms with Gasteiger partial charge >= 0.3 is 0 Å². The first-order chi connectivity index (χ1) is 5.02. The molecule has 1 fully saturated rings. The topological polar surface area (TPSA) is 20.2 Å². The lowest BCUT2D eigenvalue weighted by Gasteiger charge is -2.46. The van der Waals surface area contributed by atoms with E-state index < -0.39 is 0 Å². The highest BCUT2D eigenvalue weighted by atomic mass is 16.3. The summed E-state index contributed by atoms with van der Waals surface area (Å²) in [5.74, 6) is 0. The van der Waals surface area contributed by atoms with E-state index in [1.807, 2.05) is 0 Å². The van der Waals surface area contributed by atoms with Gasteiger partial charge in [0.2, 0.25) is 0 Å². The minimum atomic E-state index is -0.384. The van der Waals surface area contributed by atoms with Gasteiger partial charge in [-0.25, -0.2) is 0 Å².